The van der Waals surface area contributed by atoms with Gasteiger partial charge in [0.1, 0.15) is 0 Å². The number of likely N-dealkylation sites (tertiary alicyclic amines) is 2. The Balaban J connectivity index is 1.53. The molecule has 0 unspecified atom stereocenters. The van der Waals surface area contributed by atoms with Crippen LogP contribution in [0, 0.1) is 11.3 Å². The molecule has 0 spiro atoms. The monoisotopic (exact) mass is 382 g/mol. The minimum absolute atomic E-state index is 0.0133. The molecule has 0 bridgehead atoms. The lowest BCUT2D eigenvalue weighted by molar-refractivity contribution is -0.133. The summed E-state index contributed by atoms with van der Waals surface area (Å²) < 4.78 is 0. The Morgan fingerprint density at radius 1 is 1.18 bits per heavy atom. The van der Waals surface area contributed by atoms with Crippen LogP contribution in [0.5, 0.6) is 0 Å². The fraction of sp³-hybridized carbons (Fsp3) is 0.591. The molecule has 2 saturated heterocycles. The van der Waals surface area contributed by atoms with E-state index in [2.05, 4.69) is 16.3 Å². The Morgan fingerprint density at radius 2 is 1.82 bits per heavy atom. The normalized spacial score (nSPS) is 24.5. The van der Waals surface area contributed by atoms with Gasteiger partial charge in [0.2, 0.25) is 11.8 Å². The van der Waals surface area contributed by atoms with Gasteiger partial charge in [0.25, 0.3) is 0 Å². The van der Waals surface area contributed by atoms with Gasteiger partial charge in [-0.15, -0.1) is 0 Å². The molecule has 1 aromatic rings. The molecule has 0 aliphatic carbocycles. The molecule has 6 nitrogen and oxygen atoms in total. The maximum absolute atomic E-state index is 12.9. The number of nitrogens with zero attached hydrogens (tertiary/aromatic N) is 3. The number of nitrogens with one attached hydrogen (secondary N) is 1. The summed E-state index contributed by atoms with van der Waals surface area (Å²) in [5.41, 5.74) is 0.576. The van der Waals surface area contributed by atoms with Crippen LogP contribution in [0.3, 0.4) is 0 Å². The third-order valence-electron chi connectivity index (χ3n) is 6.49. The summed E-state index contributed by atoms with van der Waals surface area (Å²) in [7, 11) is 2.05. The summed E-state index contributed by atoms with van der Waals surface area (Å²) in [6, 6.07) is 13.0. The zero-order valence-corrected chi connectivity index (χ0v) is 16.9. The van der Waals surface area contributed by atoms with Crippen molar-refractivity contribution in [2.45, 2.75) is 56.5 Å². The van der Waals surface area contributed by atoms with Crippen LogP contribution in [0.2, 0.25) is 0 Å². The maximum Gasteiger partial charge on any atom is 0.224 e. The molecule has 1 aromatic carbocycles. The van der Waals surface area contributed by atoms with Crippen molar-refractivity contribution < 1.29 is 9.59 Å². The van der Waals surface area contributed by atoms with Crippen molar-refractivity contribution in [3.8, 4) is 6.07 Å². The molecular formula is C22H30N4O2. The van der Waals surface area contributed by atoms with Gasteiger partial charge in [-0.3, -0.25) is 14.5 Å². The molecule has 1 N–H and O–H groups in total. The van der Waals surface area contributed by atoms with E-state index in [4.69, 9.17) is 0 Å². The van der Waals surface area contributed by atoms with Gasteiger partial charge in [0.15, 0.2) is 0 Å². The quantitative estimate of drug-likeness (QED) is 0.846. The standard InChI is InChI=1S/C22H30N4O2/c1-17(27)24-15-20-9-8-19(25(20)2)14-21(28)26-12-10-22(16-23,11-13-26)18-6-4-3-5-7-18/h3-7,19-20H,8-15H2,1-2H3,(H,24,27)/t19-,20+/m0/s1. The van der Waals surface area contributed by atoms with E-state index in [9.17, 15) is 14.9 Å². The molecule has 2 amide bonds. The van der Waals surface area contributed by atoms with Crippen molar-refractivity contribution in [3.05, 3.63) is 35.9 Å². The van der Waals surface area contributed by atoms with E-state index in [0.717, 1.165) is 18.4 Å². The number of benzene rings is 1. The van der Waals surface area contributed by atoms with Gasteiger partial charge >= 0.3 is 0 Å². The molecule has 2 aliphatic heterocycles. The maximum atomic E-state index is 12.9. The zero-order valence-electron chi connectivity index (χ0n) is 16.9. The average molecular weight is 383 g/mol. The van der Waals surface area contributed by atoms with Crippen molar-refractivity contribution in [1.82, 2.24) is 15.1 Å². The lowest BCUT2D eigenvalue weighted by Gasteiger charge is -2.38. The van der Waals surface area contributed by atoms with Crippen LogP contribution in [-0.4, -0.2) is 60.4 Å². The van der Waals surface area contributed by atoms with E-state index in [1.54, 1.807) is 0 Å². The van der Waals surface area contributed by atoms with Gasteiger partial charge in [0.05, 0.1) is 11.5 Å². The lowest BCUT2D eigenvalue weighted by Crippen LogP contribution is -2.47. The topological polar surface area (TPSA) is 76.4 Å². The first-order chi connectivity index (χ1) is 13.4. The fourth-order valence-electron chi connectivity index (χ4n) is 4.53. The van der Waals surface area contributed by atoms with Crippen LogP contribution >= 0.6 is 0 Å². The molecule has 2 atom stereocenters. The second-order valence-corrected chi connectivity index (χ2v) is 8.13. The summed E-state index contributed by atoms with van der Waals surface area (Å²) >= 11 is 0. The highest BCUT2D eigenvalue weighted by Gasteiger charge is 2.39. The van der Waals surface area contributed by atoms with Crippen LogP contribution in [0.4, 0.5) is 0 Å². The van der Waals surface area contributed by atoms with Crippen molar-refractivity contribution in [2.24, 2.45) is 0 Å². The van der Waals surface area contributed by atoms with E-state index in [0.29, 0.717) is 44.9 Å². The number of nitriles is 1. The first-order valence-corrected chi connectivity index (χ1v) is 10.2. The van der Waals surface area contributed by atoms with E-state index >= 15 is 0 Å². The van der Waals surface area contributed by atoms with Crippen molar-refractivity contribution in [1.29, 1.82) is 5.26 Å². The molecule has 2 fully saturated rings. The number of rotatable bonds is 5. The number of likely N-dealkylation sites (N-methyl/N-ethyl adjacent to an activating group) is 1. The van der Waals surface area contributed by atoms with Crippen molar-refractivity contribution >= 4 is 11.8 Å². The SMILES string of the molecule is CC(=O)NC[C@H]1CC[C@@H](CC(=O)N2CCC(C#N)(c3ccccc3)CC2)N1C. The second-order valence-electron chi connectivity index (χ2n) is 8.13. The summed E-state index contributed by atoms with van der Waals surface area (Å²) in [6.45, 7) is 3.44. The number of carbonyl (C=O) groups excluding carboxylic acids is 2. The summed E-state index contributed by atoms with van der Waals surface area (Å²) in [4.78, 5) is 28.2. The Morgan fingerprint density at radius 3 is 2.43 bits per heavy atom. The van der Waals surface area contributed by atoms with E-state index in [-0.39, 0.29) is 17.9 Å². The highest BCUT2D eigenvalue weighted by Crippen LogP contribution is 2.35. The summed E-state index contributed by atoms with van der Waals surface area (Å²) in [5.74, 6) is 0.164. The number of piperidine rings is 1. The van der Waals surface area contributed by atoms with Gasteiger partial charge in [0, 0.05) is 45.1 Å². The van der Waals surface area contributed by atoms with Crippen LogP contribution in [-0.2, 0) is 15.0 Å². The molecule has 0 saturated carbocycles. The molecule has 150 valence electrons. The Kier molecular flexibility index (Phi) is 6.35. The number of hydrogen-bond donors (Lipinski definition) is 1. The highest BCUT2D eigenvalue weighted by molar-refractivity contribution is 5.77. The first kappa shape index (κ1) is 20.3. The average Bonchev–Trinajstić information content (AvgIpc) is 3.06. The Bertz CT molecular complexity index is 735. The summed E-state index contributed by atoms with van der Waals surface area (Å²) in [5, 5.41) is 12.7. The predicted octanol–water partition coefficient (Wildman–Crippen LogP) is 2.06. The molecule has 28 heavy (non-hydrogen) atoms. The van der Waals surface area contributed by atoms with E-state index in [1.807, 2.05) is 42.3 Å². The number of hydrogen-bond acceptors (Lipinski definition) is 4. The third-order valence-corrected chi connectivity index (χ3v) is 6.49. The number of amides is 2. The van der Waals surface area contributed by atoms with Gasteiger partial charge < -0.3 is 10.2 Å². The Hall–Kier alpha value is -2.39. The van der Waals surface area contributed by atoms with E-state index < -0.39 is 5.41 Å². The van der Waals surface area contributed by atoms with Crippen LogP contribution in [0.1, 0.15) is 44.6 Å². The summed E-state index contributed by atoms with van der Waals surface area (Å²) in [6.07, 6.45) is 3.86. The molecule has 2 aliphatic rings. The second kappa shape index (κ2) is 8.74. The molecule has 3 rings (SSSR count). The van der Waals surface area contributed by atoms with E-state index in [1.165, 1.54) is 6.92 Å². The molecule has 6 heteroatoms. The zero-order chi connectivity index (χ0) is 20.1. The van der Waals surface area contributed by atoms with Crippen LogP contribution in [0.25, 0.3) is 0 Å². The van der Waals surface area contributed by atoms with Gasteiger partial charge in [-0.1, -0.05) is 30.3 Å². The molecule has 0 radical (unpaired) electrons. The van der Waals surface area contributed by atoms with Crippen LogP contribution in [0.15, 0.2) is 30.3 Å². The molecular weight excluding hydrogens is 352 g/mol. The van der Waals surface area contributed by atoms with Gasteiger partial charge in [-0.2, -0.15) is 5.26 Å². The third kappa shape index (κ3) is 4.36. The lowest BCUT2D eigenvalue weighted by atomic mass is 9.74. The minimum atomic E-state index is -0.481. The molecule has 0 aromatic heterocycles. The first-order valence-electron chi connectivity index (χ1n) is 10.2. The van der Waals surface area contributed by atoms with Gasteiger partial charge in [-0.25, -0.2) is 0 Å². The smallest absolute Gasteiger partial charge is 0.224 e. The Labute approximate surface area is 167 Å². The van der Waals surface area contributed by atoms with Crippen molar-refractivity contribution in [2.75, 3.05) is 26.7 Å². The highest BCUT2D eigenvalue weighted by atomic mass is 16.2. The van der Waals surface area contributed by atoms with Crippen LogP contribution < -0.4 is 5.32 Å². The predicted molar refractivity (Wildman–Crippen MR) is 107 cm³/mol. The number of carbonyl (C=O) groups is 2. The largest absolute Gasteiger partial charge is 0.355 e. The molecule has 2 heterocycles. The van der Waals surface area contributed by atoms with Gasteiger partial charge in [-0.05, 0) is 38.3 Å². The minimum Gasteiger partial charge on any atom is -0.355 e. The fourth-order valence-corrected chi connectivity index (χ4v) is 4.53. The van der Waals surface area contributed by atoms with Crippen molar-refractivity contribution in [3.63, 3.8) is 0 Å².